The number of amides is 1. The largest absolute Gasteiger partial charge is 0.480 e. The summed E-state index contributed by atoms with van der Waals surface area (Å²) >= 11 is 1.42. The molecule has 0 bridgehead atoms. The Balaban J connectivity index is 2.25. The van der Waals surface area contributed by atoms with Crippen LogP contribution in [-0.2, 0) is 4.79 Å². The van der Waals surface area contributed by atoms with Gasteiger partial charge in [-0.2, -0.15) is 0 Å². The van der Waals surface area contributed by atoms with E-state index >= 15 is 0 Å². The van der Waals surface area contributed by atoms with Crippen molar-refractivity contribution < 1.29 is 19.1 Å². The van der Waals surface area contributed by atoms with Crippen LogP contribution in [0.25, 0.3) is 0 Å². The van der Waals surface area contributed by atoms with Gasteiger partial charge < -0.3 is 14.4 Å². The van der Waals surface area contributed by atoms with Crippen LogP contribution in [0.3, 0.4) is 0 Å². The van der Waals surface area contributed by atoms with Crippen molar-refractivity contribution in [3.05, 3.63) is 17.3 Å². The van der Waals surface area contributed by atoms with Crippen molar-refractivity contribution >= 4 is 23.6 Å². The average Bonchev–Trinajstić information content (AvgIpc) is 2.83. The van der Waals surface area contributed by atoms with Gasteiger partial charge in [0.1, 0.15) is 6.04 Å². The van der Waals surface area contributed by atoms with Gasteiger partial charge in [-0.25, -0.2) is 9.78 Å². The molecule has 1 aliphatic rings. The molecule has 17 heavy (non-hydrogen) atoms. The van der Waals surface area contributed by atoms with Crippen molar-refractivity contribution in [2.24, 2.45) is 0 Å². The smallest absolute Gasteiger partial charge is 0.327 e. The molecule has 1 saturated heterocycles. The second-order valence-electron chi connectivity index (χ2n) is 3.78. The highest BCUT2D eigenvalue weighted by Crippen LogP contribution is 2.24. The quantitative estimate of drug-likeness (QED) is 0.846. The Kier molecular flexibility index (Phi) is 3.10. The van der Waals surface area contributed by atoms with Gasteiger partial charge in [-0.05, 0) is 6.92 Å². The fourth-order valence-electron chi connectivity index (χ4n) is 1.71. The molecule has 2 rings (SSSR count). The maximum atomic E-state index is 12.1. The molecule has 92 valence electrons. The van der Waals surface area contributed by atoms with Gasteiger partial charge in [0.15, 0.2) is 5.89 Å². The van der Waals surface area contributed by atoms with Crippen LogP contribution < -0.4 is 0 Å². The van der Waals surface area contributed by atoms with Crippen molar-refractivity contribution in [3.63, 3.8) is 0 Å². The van der Waals surface area contributed by atoms with Crippen molar-refractivity contribution in [3.8, 4) is 0 Å². The average molecular weight is 256 g/mol. The lowest BCUT2D eigenvalue weighted by Gasteiger charge is -2.19. The van der Waals surface area contributed by atoms with E-state index in [1.165, 1.54) is 16.7 Å². The van der Waals surface area contributed by atoms with Crippen molar-refractivity contribution in [2.45, 2.75) is 19.9 Å². The zero-order chi connectivity index (χ0) is 12.6. The number of carbonyl (C=O) groups is 2. The van der Waals surface area contributed by atoms with Gasteiger partial charge in [-0.1, -0.05) is 0 Å². The van der Waals surface area contributed by atoms with Crippen LogP contribution in [0.5, 0.6) is 0 Å². The van der Waals surface area contributed by atoms with E-state index < -0.39 is 17.9 Å². The molecule has 1 N–H and O–H groups in total. The van der Waals surface area contributed by atoms with E-state index in [1.807, 2.05) is 0 Å². The third-order valence-electron chi connectivity index (χ3n) is 2.53. The van der Waals surface area contributed by atoms with E-state index in [0.717, 1.165) is 0 Å². The number of carboxylic acids is 1. The summed E-state index contributed by atoms with van der Waals surface area (Å²) in [6.07, 6.45) is 0. The molecule has 1 aromatic rings. The number of rotatable bonds is 2. The fraction of sp³-hybridized carbons (Fsp3) is 0.500. The Hall–Kier alpha value is -1.50. The number of carbonyl (C=O) groups excluding carboxylic acids is 1. The van der Waals surface area contributed by atoms with Gasteiger partial charge in [0.25, 0.3) is 5.91 Å². The first kappa shape index (κ1) is 12.0. The summed E-state index contributed by atoms with van der Waals surface area (Å²) in [5.41, 5.74) is 0.494. The highest BCUT2D eigenvalue weighted by Gasteiger charge is 2.37. The first-order valence-electron chi connectivity index (χ1n) is 5.06. The van der Waals surface area contributed by atoms with Crippen molar-refractivity contribution in [1.82, 2.24) is 9.88 Å². The number of nitrogens with zero attached hydrogens (tertiary/aromatic N) is 2. The highest BCUT2D eigenvalue weighted by atomic mass is 32.2. The highest BCUT2D eigenvalue weighted by molar-refractivity contribution is 7.99. The van der Waals surface area contributed by atoms with Gasteiger partial charge in [0.2, 0.25) is 5.76 Å². The van der Waals surface area contributed by atoms with Gasteiger partial charge in [0.05, 0.1) is 11.6 Å². The van der Waals surface area contributed by atoms with E-state index in [1.54, 1.807) is 13.8 Å². The summed E-state index contributed by atoms with van der Waals surface area (Å²) in [5, 5.41) is 9.00. The molecule has 0 radical (unpaired) electrons. The number of aliphatic carboxylic acids is 1. The predicted octanol–water partition coefficient (Wildman–Crippen LogP) is 0.891. The molecule has 6 nitrogen and oxygen atoms in total. The summed E-state index contributed by atoms with van der Waals surface area (Å²) in [6.45, 7) is 3.32. The van der Waals surface area contributed by atoms with Gasteiger partial charge in [0, 0.05) is 12.7 Å². The Bertz CT molecular complexity index is 471. The first-order chi connectivity index (χ1) is 8.00. The molecule has 0 unspecified atom stereocenters. The van der Waals surface area contributed by atoms with Crippen LogP contribution in [0.2, 0.25) is 0 Å². The van der Waals surface area contributed by atoms with Crippen LogP contribution in [0, 0.1) is 13.8 Å². The monoisotopic (exact) mass is 256 g/mol. The summed E-state index contributed by atoms with van der Waals surface area (Å²) < 4.78 is 5.21. The normalized spacial score (nSPS) is 19.6. The third-order valence-corrected chi connectivity index (χ3v) is 3.54. The molecule has 7 heteroatoms. The molecule has 1 aromatic heterocycles. The van der Waals surface area contributed by atoms with E-state index in [9.17, 15) is 9.59 Å². The van der Waals surface area contributed by atoms with Gasteiger partial charge in [-0.3, -0.25) is 4.79 Å². The Morgan fingerprint density at radius 3 is 2.76 bits per heavy atom. The molecular formula is C10H12N2O4S. The zero-order valence-corrected chi connectivity index (χ0v) is 10.3. The third kappa shape index (κ3) is 2.14. The molecule has 1 amide bonds. The number of hydrogen-bond acceptors (Lipinski definition) is 5. The van der Waals surface area contributed by atoms with Crippen molar-refractivity contribution in [1.29, 1.82) is 0 Å². The van der Waals surface area contributed by atoms with Crippen LogP contribution in [0.1, 0.15) is 22.1 Å². The number of aryl methyl sites for hydroxylation is 2. The number of carboxylic acid groups (broad SMARTS) is 1. The fourth-order valence-corrected chi connectivity index (χ4v) is 2.85. The van der Waals surface area contributed by atoms with Crippen LogP contribution in [0.4, 0.5) is 0 Å². The Labute approximate surface area is 102 Å². The van der Waals surface area contributed by atoms with E-state index in [-0.39, 0.29) is 5.76 Å². The molecule has 0 aromatic carbocycles. The standard InChI is InChI=1S/C10H12N2O4S/c1-5-8(16-6(2)11-5)9(13)12-4-17-3-7(12)10(14)15/h7H,3-4H2,1-2H3,(H,14,15)/t7-/m0/s1. The van der Waals surface area contributed by atoms with Crippen LogP contribution >= 0.6 is 11.8 Å². The summed E-state index contributed by atoms with van der Waals surface area (Å²) in [4.78, 5) is 28.4. The minimum Gasteiger partial charge on any atom is -0.480 e. The van der Waals surface area contributed by atoms with Crippen LogP contribution in [-0.4, -0.2) is 44.5 Å². The topological polar surface area (TPSA) is 83.6 Å². The molecular weight excluding hydrogens is 244 g/mol. The predicted molar refractivity (Wildman–Crippen MR) is 60.9 cm³/mol. The lowest BCUT2D eigenvalue weighted by Crippen LogP contribution is -2.41. The molecule has 1 fully saturated rings. The number of thioether (sulfide) groups is 1. The van der Waals surface area contributed by atoms with Crippen molar-refractivity contribution in [2.75, 3.05) is 11.6 Å². The van der Waals surface area contributed by atoms with E-state index in [2.05, 4.69) is 4.98 Å². The number of hydrogen-bond donors (Lipinski definition) is 1. The van der Waals surface area contributed by atoms with Gasteiger partial charge in [-0.15, -0.1) is 11.8 Å². The first-order valence-corrected chi connectivity index (χ1v) is 6.21. The molecule has 1 atom stereocenters. The second-order valence-corrected chi connectivity index (χ2v) is 4.78. The lowest BCUT2D eigenvalue weighted by atomic mass is 10.2. The Morgan fingerprint density at radius 1 is 1.53 bits per heavy atom. The lowest BCUT2D eigenvalue weighted by molar-refractivity contribution is -0.140. The number of aromatic nitrogens is 1. The summed E-state index contributed by atoms with van der Waals surface area (Å²) in [6, 6.07) is -0.780. The van der Waals surface area contributed by atoms with Gasteiger partial charge >= 0.3 is 5.97 Å². The van der Waals surface area contributed by atoms with Crippen LogP contribution in [0.15, 0.2) is 4.42 Å². The minimum atomic E-state index is -0.989. The second kappa shape index (κ2) is 4.40. The minimum absolute atomic E-state index is 0.135. The maximum Gasteiger partial charge on any atom is 0.327 e. The molecule has 0 saturated carbocycles. The SMILES string of the molecule is Cc1nc(C)c(C(=O)N2CSC[C@H]2C(=O)O)o1. The Morgan fingerprint density at radius 2 is 2.24 bits per heavy atom. The number of oxazole rings is 1. The van der Waals surface area contributed by atoms with E-state index in [0.29, 0.717) is 23.2 Å². The summed E-state index contributed by atoms with van der Waals surface area (Å²) in [5.74, 6) is -0.0686. The van der Waals surface area contributed by atoms with E-state index in [4.69, 9.17) is 9.52 Å². The molecule has 1 aliphatic heterocycles. The maximum absolute atomic E-state index is 12.1. The zero-order valence-electron chi connectivity index (χ0n) is 9.47. The summed E-state index contributed by atoms with van der Waals surface area (Å²) in [7, 11) is 0. The molecule has 0 aliphatic carbocycles. The molecule has 0 spiro atoms. The molecule has 2 heterocycles.